The first-order valence-electron chi connectivity index (χ1n) is 8.15. The van der Waals surface area contributed by atoms with E-state index in [4.69, 9.17) is 5.73 Å². The number of benzene rings is 1. The van der Waals surface area contributed by atoms with Gasteiger partial charge in [-0.2, -0.15) is 0 Å². The largest absolute Gasteiger partial charge is 0.398 e. The molecule has 0 bridgehead atoms. The second-order valence-electron chi connectivity index (χ2n) is 7.67. The number of aliphatic hydroxyl groups is 1. The molecule has 1 aliphatic carbocycles. The molecule has 3 nitrogen and oxygen atoms in total. The fraction of sp³-hybridized carbons (Fsp3) is 0.667. The summed E-state index contributed by atoms with van der Waals surface area (Å²) in [6, 6.07) is 4.71. The Morgan fingerprint density at radius 3 is 2.59 bits per heavy atom. The molecule has 1 aromatic rings. The molecular formula is C18H29BrN2O. The first-order valence-corrected chi connectivity index (χ1v) is 8.94. The lowest BCUT2D eigenvalue weighted by atomic mass is 9.86. The zero-order valence-electron chi connectivity index (χ0n) is 14.2. The van der Waals surface area contributed by atoms with Crippen LogP contribution in [0.15, 0.2) is 16.6 Å². The maximum atomic E-state index is 9.86. The highest BCUT2D eigenvalue weighted by molar-refractivity contribution is 9.10. The van der Waals surface area contributed by atoms with E-state index in [1.54, 1.807) is 0 Å². The van der Waals surface area contributed by atoms with Crippen molar-refractivity contribution in [1.82, 2.24) is 4.90 Å². The lowest BCUT2D eigenvalue weighted by Crippen LogP contribution is -2.37. The number of hydrogen-bond donors (Lipinski definition) is 2. The maximum Gasteiger partial charge on any atom is 0.0555 e. The van der Waals surface area contributed by atoms with Crippen molar-refractivity contribution in [3.05, 3.63) is 27.7 Å². The summed E-state index contributed by atoms with van der Waals surface area (Å²) in [5.41, 5.74) is 9.62. The zero-order chi connectivity index (χ0) is 16.5. The highest BCUT2D eigenvalue weighted by atomic mass is 79.9. The molecule has 0 unspecified atom stereocenters. The molecule has 1 fully saturated rings. The number of nitrogen functional groups attached to an aromatic ring is 1. The lowest BCUT2D eigenvalue weighted by molar-refractivity contribution is 0.0701. The SMILES string of the molecule is CN(Cc1cc(Br)c(C(C)(C)C)cc1N)[C@@H]1CCC[C@H](O)C1. The van der Waals surface area contributed by atoms with Crippen LogP contribution in [0.1, 0.15) is 57.6 Å². The molecule has 1 aromatic carbocycles. The summed E-state index contributed by atoms with van der Waals surface area (Å²) >= 11 is 3.70. The fourth-order valence-corrected chi connectivity index (χ4v) is 4.27. The molecule has 0 spiro atoms. The molecule has 124 valence electrons. The zero-order valence-corrected chi connectivity index (χ0v) is 15.8. The van der Waals surface area contributed by atoms with Gasteiger partial charge in [0.05, 0.1) is 6.10 Å². The van der Waals surface area contributed by atoms with Gasteiger partial charge in [0.25, 0.3) is 0 Å². The minimum atomic E-state index is -0.145. The molecule has 22 heavy (non-hydrogen) atoms. The first kappa shape index (κ1) is 17.8. The summed E-state index contributed by atoms with van der Waals surface area (Å²) in [5, 5.41) is 9.86. The van der Waals surface area contributed by atoms with Gasteiger partial charge in [-0.3, -0.25) is 4.90 Å². The highest BCUT2D eigenvalue weighted by Crippen LogP contribution is 2.34. The van der Waals surface area contributed by atoms with Gasteiger partial charge in [-0.05, 0) is 61.4 Å². The van der Waals surface area contributed by atoms with Gasteiger partial charge in [-0.25, -0.2) is 0 Å². The van der Waals surface area contributed by atoms with Crippen molar-refractivity contribution in [1.29, 1.82) is 0 Å². The minimum absolute atomic E-state index is 0.0743. The van der Waals surface area contributed by atoms with Crippen LogP contribution in [0.3, 0.4) is 0 Å². The normalized spacial score (nSPS) is 23.0. The van der Waals surface area contributed by atoms with E-state index in [9.17, 15) is 5.11 Å². The minimum Gasteiger partial charge on any atom is -0.398 e. The number of rotatable bonds is 3. The van der Waals surface area contributed by atoms with Crippen LogP contribution in [0.25, 0.3) is 0 Å². The van der Waals surface area contributed by atoms with Gasteiger partial charge < -0.3 is 10.8 Å². The number of halogens is 1. The Labute approximate surface area is 143 Å². The third-order valence-corrected chi connectivity index (χ3v) is 5.35. The van der Waals surface area contributed by atoms with E-state index in [2.05, 4.69) is 60.8 Å². The Morgan fingerprint density at radius 1 is 1.32 bits per heavy atom. The van der Waals surface area contributed by atoms with E-state index in [-0.39, 0.29) is 11.5 Å². The quantitative estimate of drug-likeness (QED) is 0.790. The van der Waals surface area contributed by atoms with Crippen molar-refractivity contribution in [2.24, 2.45) is 0 Å². The molecule has 0 aliphatic heterocycles. The number of hydrogen-bond acceptors (Lipinski definition) is 3. The monoisotopic (exact) mass is 368 g/mol. The first-order chi connectivity index (χ1) is 10.2. The Bertz CT molecular complexity index is 525. The average Bonchev–Trinajstić information content (AvgIpc) is 2.41. The predicted octanol–water partition coefficient (Wildman–Crippen LogP) is 4.06. The van der Waals surface area contributed by atoms with Crippen molar-refractivity contribution in [3.63, 3.8) is 0 Å². The number of anilines is 1. The molecule has 2 atom stereocenters. The molecular weight excluding hydrogens is 340 g/mol. The molecule has 1 aliphatic rings. The van der Waals surface area contributed by atoms with Crippen molar-refractivity contribution in [2.45, 2.75) is 70.6 Å². The van der Waals surface area contributed by atoms with Crippen LogP contribution >= 0.6 is 15.9 Å². The van der Waals surface area contributed by atoms with Crippen molar-refractivity contribution in [3.8, 4) is 0 Å². The second kappa shape index (κ2) is 6.90. The molecule has 0 saturated heterocycles. The summed E-state index contributed by atoms with van der Waals surface area (Å²) < 4.78 is 1.13. The van der Waals surface area contributed by atoms with Gasteiger partial charge in [0.2, 0.25) is 0 Å². The molecule has 0 amide bonds. The summed E-state index contributed by atoms with van der Waals surface area (Å²) in [6.07, 6.45) is 3.94. The molecule has 0 radical (unpaired) electrons. The van der Waals surface area contributed by atoms with Gasteiger partial charge in [-0.1, -0.05) is 36.7 Å². The standard InChI is InChI=1S/C18H29BrN2O/c1-18(2,3)15-10-17(20)12(8-16(15)19)11-21(4)13-6-5-7-14(22)9-13/h8,10,13-14,22H,5-7,9,11,20H2,1-4H3/t13-,14+/m1/s1. The Kier molecular flexibility index (Phi) is 5.57. The van der Waals surface area contributed by atoms with E-state index in [0.717, 1.165) is 48.0 Å². The molecule has 0 heterocycles. The van der Waals surface area contributed by atoms with E-state index < -0.39 is 0 Å². The Morgan fingerprint density at radius 2 is 2.00 bits per heavy atom. The number of nitrogens with zero attached hydrogens (tertiary/aromatic N) is 1. The summed E-state index contributed by atoms with van der Waals surface area (Å²) in [6.45, 7) is 7.41. The topological polar surface area (TPSA) is 49.5 Å². The van der Waals surface area contributed by atoms with Gasteiger partial charge in [0, 0.05) is 22.7 Å². The lowest BCUT2D eigenvalue weighted by Gasteiger charge is -2.34. The molecule has 2 rings (SSSR count). The fourth-order valence-electron chi connectivity index (χ4n) is 3.28. The highest BCUT2D eigenvalue weighted by Gasteiger charge is 2.24. The van der Waals surface area contributed by atoms with Crippen LogP contribution in [0.2, 0.25) is 0 Å². The summed E-state index contributed by atoms with van der Waals surface area (Å²) in [5.74, 6) is 0. The summed E-state index contributed by atoms with van der Waals surface area (Å²) in [7, 11) is 2.13. The van der Waals surface area contributed by atoms with E-state index in [1.165, 1.54) is 5.56 Å². The Balaban J connectivity index is 2.14. The molecule has 3 N–H and O–H groups in total. The smallest absolute Gasteiger partial charge is 0.0555 e. The van der Waals surface area contributed by atoms with Crippen molar-refractivity contribution >= 4 is 21.6 Å². The van der Waals surface area contributed by atoms with E-state index in [0.29, 0.717) is 6.04 Å². The average molecular weight is 369 g/mol. The van der Waals surface area contributed by atoms with Gasteiger partial charge in [-0.15, -0.1) is 0 Å². The van der Waals surface area contributed by atoms with Gasteiger partial charge >= 0.3 is 0 Å². The van der Waals surface area contributed by atoms with Crippen LogP contribution in [0, 0.1) is 0 Å². The van der Waals surface area contributed by atoms with Gasteiger partial charge in [0.1, 0.15) is 0 Å². The molecule has 0 aromatic heterocycles. The van der Waals surface area contributed by atoms with E-state index >= 15 is 0 Å². The van der Waals surface area contributed by atoms with E-state index in [1.807, 2.05) is 0 Å². The van der Waals surface area contributed by atoms with Crippen LogP contribution in [0.5, 0.6) is 0 Å². The summed E-state index contributed by atoms with van der Waals surface area (Å²) in [4.78, 5) is 2.33. The van der Waals surface area contributed by atoms with Crippen LogP contribution < -0.4 is 5.73 Å². The van der Waals surface area contributed by atoms with Crippen LogP contribution in [-0.4, -0.2) is 29.2 Å². The number of nitrogens with two attached hydrogens (primary N) is 1. The van der Waals surface area contributed by atoms with Crippen LogP contribution in [0.4, 0.5) is 5.69 Å². The third-order valence-electron chi connectivity index (χ3n) is 4.70. The second-order valence-corrected chi connectivity index (χ2v) is 8.52. The third kappa shape index (κ3) is 4.24. The maximum absolute atomic E-state index is 9.86. The van der Waals surface area contributed by atoms with Crippen molar-refractivity contribution in [2.75, 3.05) is 12.8 Å². The predicted molar refractivity (Wildman–Crippen MR) is 97.0 cm³/mol. The Hall–Kier alpha value is -0.580. The van der Waals surface area contributed by atoms with Crippen LogP contribution in [-0.2, 0) is 12.0 Å². The number of aliphatic hydroxyl groups excluding tert-OH is 1. The van der Waals surface area contributed by atoms with Crippen molar-refractivity contribution < 1.29 is 5.11 Å². The molecule has 4 heteroatoms. The van der Waals surface area contributed by atoms with Gasteiger partial charge in [0.15, 0.2) is 0 Å². The molecule has 1 saturated carbocycles.